The Morgan fingerprint density at radius 2 is 1.67 bits per heavy atom. The minimum Gasteiger partial charge on any atom is -0.407 e. The Hall–Kier alpha value is -2.80. The monoisotopic (exact) mass is 502 g/mol. The highest BCUT2D eigenvalue weighted by molar-refractivity contribution is 6.99. The van der Waals surface area contributed by atoms with E-state index < -0.39 is 8.32 Å². The summed E-state index contributed by atoms with van der Waals surface area (Å²) in [6, 6.07) is 25.1. The zero-order valence-electron chi connectivity index (χ0n) is 21.9. The lowest BCUT2D eigenvalue weighted by atomic mass is 10.1. The molecule has 1 saturated heterocycles. The highest BCUT2D eigenvalue weighted by Gasteiger charge is 2.50. The predicted octanol–water partition coefficient (Wildman–Crippen LogP) is 4.45. The molecule has 4 rings (SSSR count). The van der Waals surface area contributed by atoms with E-state index in [2.05, 4.69) is 93.3 Å². The zero-order valence-corrected chi connectivity index (χ0v) is 22.9. The third-order valence-corrected chi connectivity index (χ3v) is 12.2. The zero-order chi connectivity index (χ0) is 25.6. The van der Waals surface area contributed by atoms with Gasteiger partial charge in [-0.15, -0.1) is 0 Å². The molecule has 0 N–H and O–H groups in total. The van der Waals surface area contributed by atoms with Crippen LogP contribution in [0.4, 0.5) is 0 Å². The summed E-state index contributed by atoms with van der Waals surface area (Å²) >= 11 is 0. The molecule has 5 nitrogen and oxygen atoms in total. The van der Waals surface area contributed by atoms with Crippen LogP contribution in [0.1, 0.15) is 50.2 Å². The van der Waals surface area contributed by atoms with Crippen LogP contribution in [0.3, 0.4) is 0 Å². The minimum absolute atomic E-state index is 0.0405. The molecule has 1 fully saturated rings. The Balaban J connectivity index is 1.62. The average Bonchev–Trinajstić information content (AvgIpc) is 2.91. The lowest BCUT2D eigenvalue weighted by Crippen LogP contribution is -2.66. The normalized spacial score (nSPS) is 16.7. The number of hydrogen-bond donors (Lipinski definition) is 0. The van der Waals surface area contributed by atoms with Crippen molar-refractivity contribution in [2.24, 2.45) is 0 Å². The van der Waals surface area contributed by atoms with E-state index >= 15 is 0 Å². The predicted molar refractivity (Wildman–Crippen MR) is 147 cm³/mol. The Morgan fingerprint density at radius 1 is 1.03 bits per heavy atom. The number of hydrogen-bond acceptors (Lipinski definition) is 4. The molecule has 0 radical (unpaired) electrons. The molecular formula is C30H38N2O3Si. The number of pyridine rings is 1. The molecule has 2 aromatic carbocycles. The van der Waals surface area contributed by atoms with Gasteiger partial charge in [0.1, 0.15) is 0 Å². The van der Waals surface area contributed by atoms with Crippen LogP contribution in [0.5, 0.6) is 0 Å². The number of carbonyl (C=O) groups excluding carboxylic acids is 1. The number of rotatable bonds is 8. The molecule has 190 valence electrons. The summed E-state index contributed by atoms with van der Waals surface area (Å²) in [5.41, 5.74) is 1.46. The van der Waals surface area contributed by atoms with Crippen LogP contribution in [-0.4, -0.2) is 56.5 Å². The van der Waals surface area contributed by atoms with E-state index in [1.54, 1.807) is 6.20 Å². The van der Waals surface area contributed by atoms with Crippen LogP contribution in [0.2, 0.25) is 5.04 Å². The van der Waals surface area contributed by atoms with E-state index in [0.29, 0.717) is 38.3 Å². The number of carbonyl (C=O) groups is 1. The van der Waals surface area contributed by atoms with Gasteiger partial charge in [0, 0.05) is 25.8 Å². The summed E-state index contributed by atoms with van der Waals surface area (Å²) in [6.07, 6.45) is 3.22. The van der Waals surface area contributed by atoms with Crippen LogP contribution in [-0.2, 0) is 15.6 Å². The van der Waals surface area contributed by atoms with Crippen molar-refractivity contribution in [1.29, 1.82) is 0 Å². The van der Waals surface area contributed by atoms with Gasteiger partial charge in [-0.3, -0.25) is 9.78 Å². The molecule has 0 bridgehead atoms. The first-order valence-corrected chi connectivity index (χ1v) is 14.9. The van der Waals surface area contributed by atoms with Crippen molar-refractivity contribution >= 4 is 24.6 Å². The molecule has 1 amide bonds. The first kappa shape index (κ1) is 26.3. The van der Waals surface area contributed by atoms with Crippen LogP contribution < -0.4 is 10.4 Å². The second-order valence-electron chi connectivity index (χ2n) is 10.4. The van der Waals surface area contributed by atoms with Gasteiger partial charge in [0.05, 0.1) is 30.5 Å². The summed E-state index contributed by atoms with van der Waals surface area (Å²) in [7, 11) is -2.64. The third-order valence-electron chi connectivity index (χ3n) is 7.15. The van der Waals surface area contributed by atoms with Gasteiger partial charge in [0.25, 0.3) is 14.2 Å². The van der Waals surface area contributed by atoms with Gasteiger partial charge in [0.2, 0.25) is 0 Å². The summed E-state index contributed by atoms with van der Waals surface area (Å²) in [4.78, 5) is 20.1. The fraction of sp³-hybridized carbons (Fsp3) is 0.400. The topological polar surface area (TPSA) is 51.7 Å². The second kappa shape index (κ2) is 11.5. The molecule has 0 spiro atoms. The lowest BCUT2D eigenvalue weighted by molar-refractivity contribution is -0.00289. The van der Waals surface area contributed by atoms with Gasteiger partial charge in [-0.2, -0.15) is 0 Å². The molecule has 3 aromatic rings. The molecule has 2 heterocycles. The third kappa shape index (κ3) is 5.31. The van der Waals surface area contributed by atoms with Crippen molar-refractivity contribution in [2.45, 2.75) is 51.6 Å². The number of amides is 1. The number of ether oxygens (including phenoxy) is 1. The first-order chi connectivity index (χ1) is 17.4. The van der Waals surface area contributed by atoms with E-state index in [0.717, 1.165) is 12.1 Å². The molecule has 0 aliphatic carbocycles. The molecule has 1 aromatic heterocycles. The molecular weight excluding hydrogens is 464 g/mol. The standard InChI is InChI=1S/C30H38N2O3Si/c1-5-24-23-34-22-20-32(24)29(33)27-17-12-19-31-28(27)18-21-35-36(30(2,3)4,25-13-8-6-9-14-25)26-15-10-7-11-16-26/h6-17,19,24H,5,18,20-23H2,1-4H3/t24-/m1/s1. The smallest absolute Gasteiger partial charge is 0.261 e. The molecule has 1 aliphatic rings. The van der Waals surface area contributed by atoms with E-state index in [4.69, 9.17) is 9.16 Å². The summed E-state index contributed by atoms with van der Waals surface area (Å²) < 4.78 is 12.7. The van der Waals surface area contributed by atoms with Crippen LogP contribution in [0.25, 0.3) is 0 Å². The fourth-order valence-electron chi connectivity index (χ4n) is 5.31. The first-order valence-electron chi connectivity index (χ1n) is 13.0. The van der Waals surface area contributed by atoms with Gasteiger partial charge in [-0.25, -0.2) is 0 Å². The Morgan fingerprint density at radius 3 is 2.25 bits per heavy atom. The van der Waals surface area contributed by atoms with Crippen molar-refractivity contribution in [3.8, 4) is 0 Å². The van der Waals surface area contributed by atoms with Crippen LogP contribution >= 0.6 is 0 Å². The quantitative estimate of drug-likeness (QED) is 0.427. The Labute approximate surface area is 216 Å². The second-order valence-corrected chi connectivity index (χ2v) is 14.7. The minimum atomic E-state index is -2.64. The van der Waals surface area contributed by atoms with E-state index in [-0.39, 0.29) is 17.0 Å². The highest BCUT2D eigenvalue weighted by Crippen LogP contribution is 2.36. The van der Waals surface area contributed by atoms with E-state index in [9.17, 15) is 4.79 Å². The average molecular weight is 503 g/mol. The van der Waals surface area contributed by atoms with Gasteiger partial charge in [-0.05, 0) is 34.0 Å². The van der Waals surface area contributed by atoms with Gasteiger partial charge < -0.3 is 14.1 Å². The number of nitrogens with zero attached hydrogens (tertiary/aromatic N) is 2. The number of morpholine rings is 1. The highest BCUT2D eigenvalue weighted by atomic mass is 28.4. The molecule has 0 unspecified atom stereocenters. The van der Waals surface area contributed by atoms with Crippen molar-refractivity contribution in [3.63, 3.8) is 0 Å². The maximum absolute atomic E-state index is 13.6. The van der Waals surface area contributed by atoms with Gasteiger partial charge in [-0.1, -0.05) is 88.4 Å². The molecule has 1 atom stereocenters. The largest absolute Gasteiger partial charge is 0.407 e. The van der Waals surface area contributed by atoms with Crippen molar-refractivity contribution in [1.82, 2.24) is 9.88 Å². The maximum Gasteiger partial charge on any atom is 0.261 e. The Bertz CT molecular complexity index is 1090. The Kier molecular flexibility index (Phi) is 8.39. The molecule has 1 aliphatic heterocycles. The molecule has 0 saturated carbocycles. The van der Waals surface area contributed by atoms with Crippen molar-refractivity contribution in [2.75, 3.05) is 26.4 Å². The van der Waals surface area contributed by atoms with E-state index in [1.807, 2.05) is 17.0 Å². The molecule has 36 heavy (non-hydrogen) atoms. The summed E-state index contributed by atoms with van der Waals surface area (Å²) in [6.45, 7) is 11.2. The van der Waals surface area contributed by atoms with Crippen molar-refractivity contribution in [3.05, 3.63) is 90.3 Å². The van der Waals surface area contributed by atoms with Crippen LogP contribution in [0.15, 0.2) is 79.0 Å². The fourth-order valence-corrected chi connectivity index (χ4v) is 9.87. The van der Waals surface area contributed by atoms with Gasteiger partial charge in [0.15, 0.2) is 0 Å². The number of aromatic nitrogens is 1. The number of benzene rings is 2. The van der Waals surface area contributed by atoms with Gasteiger partial charge >= 0.3 is 0 Å². The summed E-state index contributed by atoms with van der Waals surface area (Å²) in [5, 5.41) is 2.40. The molecule has 6 heteroatoms. The van der Waals surface area contributed by atoms with Crippen molar-refractivity contribution < 1.29 is 14.0 Å². The van der Waals surface area contributed by atoms with Crippen LogP contribution in [0, 0.1) is 0 Å². The lowest BCUT2D eigenvalue weighted by Gasteiger charge is -2.43. The maximum atomic E-state index is 13.6. The van der Waals surface area contributed by atoms with E-state index in [1.165, 1.54) is 10.4 Å². The summed E-state index contributed by atoms with van der Waals surface area (Å²) in [5.74, 6) is 0.0405. The SMILES string of the molecule is CC[C@@H]1COCCN1C(=O)c1cccnc1CCO[Si](c1ccccc1)(c1ccccc1)C(C)(C)C.